The van der Waals surface area contributed by atoms with Crippen LogP contribution < -0.4 is 9.64 Å². The van der Waals surface area contributed by atoms with Crippen molar-refractivity contribution in [3.05, 3.63) is 48.0 Å². The van der Waals surface area contributed by atoms with Gasteiger partial charge in [-0.3, -0.25) is 9.59 Å². The van der Waals surface area contributed by atoms with Gasteiger partial charge in [-0.2, -0.15) is 0 Å². The summed E-state index contributed by atoms with van der Waals surface area (Å²) in [6.45, 7) is 2.54. The number of anilines is 1. The molecule has 1 aliphatic rings. The molecule has 0 bridgehead atoms. The minimum Gasteiger partial charge on any atom is -0.497 e. The average molecular weight is 461 g/mol. The number of thioether (sulfide) groups is 2. The summed E-state index contributed by atoms with van der Waals surface area (Å²) in [6.07, 6.45) is 1.10. The van der Waals surface area contributed by atoms with E-state index in [-0.39, 0.29) is 11.2 Å². The quantitative estimate of drug-likeness (QED) is 0.456. The maximum absolute atomic E-state index is 13.7. The number of ether oxygens (including phenoxy) is 2. The van der Waals surface area contributed by atoms with E-state index in [1.165, 1.54) is 6.92 Å². The van der Waals surface area contributed by atoms with Crippen LogP contribution in [0.5, 0.6) is 5.75 Å². The second kappa shape index (κ2) is 10.4. The standard InChI is InChI=1S/C23H28N2O4S2/c1-15(26)29-21-22(16-6-8-17(28-4)9-7-16)31-20-14-18(30-5)10-11-19(20)25(23(21)27)13-12-24(2)3/h6-11,14,21-22H,12-13H2,1-5H3/t21-,22+/m0/s1. The monoisotopic (exact) mass is 460 g/mol. The highest BCUT2D eigenvalue weighted by molar-refractivity contribution is 8.00. The Hall–Kier alpha value is -2.16. The first-order chi connectivity index (χ1) is 14.8. The van der Waals surface area contributed by atoms with E-state index in [1.807, 2.05) is 61.6 Å². The number of carbonyl (C=O) groups is 2. The second-order valence-corrected chi connectivity index (χ2v) is 9.53. The normalized spacial score (nSPS) is 18.5. The lowest BCUT2D eigenvalue weighted by atomic mass is 10.1. The summed E-state index contributed by atoms with van der Waals surface area (Å²) in [5.41, 5.74) is 1.75. The van der Waals surface area contributed by atoms with Crippen molar-refractivity contribution in [1.29, 1.82) is 0 Å². The van der Waals surface area contributed by atoms with Crippen LogP contribution in [0, 0.1) is 0 Å². The summed E-state index contributed by atoms with van der Waals surface area (Å²) in [4.78, 5) is 31.6. The predicted molar refractivity (Wildman–Crippen MR) is 126 cm³/mol. The van der Waals surface area contributed by atoms with Crippen molar-refractivity contribution >= 4 is 41.1 Å². The number of esters is 1. The highest BCUT2D eigenvalue weighted by atomic mass is 32.2. The van der Waals surface area contributed by atoms with Crippen LogP contribution in [0.25, 0.3) is 0 Å². The van der Waals surface area contributed by atoms with Gasteiger partial charge in [0, 0.05) is 29.8 Å². The highest BCUT2D eigenvalue weighted by Gasteiger charge is 2.40. The maximum Gasteiger partial charge on any atom is 0.303 e. The van der Waals surface area contributed by atoms with E-state index in [0.717, 1.165) is 26.8 Å². The zero-order valence-electron chi connectivity index (χ0n) is 18.5. The third-order valence-corrected chi connectivity index (χ3v) is 7.08. The molecular formula is C23H28N2O4S2. The van der Waals surface area contributed by atoms with Crippen LogP contribution in [0.3, 0.4) is 0 Å². The van der Waals surface area contributed by atoms with Crippen molar-refractivity contribution in [1.82, 2.24) is 4.90 Å². The van der Waals surface area contributed by atoms with E-state index in [9.17, 15) is 9.59 Å². The average Bonchev–Trinajstić information content (AvgIpc) is 2.86. The number of likely N-dealkylation sites (N-methyl/N-ethyl adjacent to an activating group) is 1. The third-order valence-electron chi connectivity index (χ3n) is 5.00. The predicted octanol–water partition coefficient (Wildman–Crippen LogP) is 4.09. The molecule has 1 aliphatic heterocycles. The van der Waals surface area contributed by atoms with Crippen LogP contribution in [0.1, 0.15) is 17.7 Å². The van der Waals surface area contributed by atoms with Crippen LogP contribution in [0.15, 0.2) is 52.3 Å². The van der Waals surface area contributed by atoms with Crippen LogP contribution in [0.2, 0.25) is 0 Å². The minimum atomic E-state index is -0.928. The molecule has 6 nitrogen and oxygen atoms in total. The molecular weight excluding hydrogens is 432 g/mol. The zero-order valence-corrected chi connectivity index (χ0v) is 20.1. The van der Waals surface area contributed by atoms with Crippen molar-refractivity contribution in [3.63, 3.8) is 0 Å². The van der Waals surface area contributed by atoms with Crippen LogP contribution in [-0.4, -0.2) is 63.4 Å². The molecule has 0 saturated heterocycles. The lowest BCUT2D eigenvalue weighted by Crippen LogP contribution is -2.45. The lowest BCUT2D eigenvalue weighted by Gasteiger charge is -2.28. The smallest absolute Gasteiger partial charge is 0.303 e. The Labute approximate surface area is 192 Å². The van der Waals surface area contributed by atoms with E-state index in [4.69, 9.17) is 9.47 Å². The van der Waals surface area contributed by atoms with E-state index in [2.05, 4.69) is 6.07 Å². The lowest BCUT2D eigenvalue weighted by molar-refractivity contribution is -0.152. The van der Waals surface area contributed by atoms with Gasteiger partial charge in [0.25, 0.3) is 5.91 Å². The van der Waals surface area contributed by atoms with Gasteiger partial charge in [-0.25, -0.2) is 0 Å². The van der Waals surface area contributed by atoms with Crippen molar-refractivity contribution in [3.8, 4) is 5.75 Å². The Bertz CT molecular complexity index is 934. The number of hydrogen-bond acceptors (Lipinski definition) is 7. The first kappa shape index (κ1) is 23.5. The molecule has 0 spiro atoms. The number of carbonyl (C=O) groups excluding carboxylic acids is 2. The largest absolute Gasteiger partial charge is 0.497 e. The van der Waals surface area contributed by atoms with E-state index in [0.29, 0.717) is 13.1 Å². The van der Waals surface area contributed by atoms with Gasteiger partial charge >= 0.3 is 5.97 Å². The van der Waals surface area contributed by atoms with E-state index < -0.39 is 12.1 Å². The summed E-state index contributed by atoms with van der Waals surface area (Å²) in [6, 6.07) is 13.7. The third kappa shape index (κ3) is 5.56. The molecule has 166 valence electrons. The van der Waals surface area contributed by atoms with Crippen LogP contribution in [0.4, 0.5) is 5.69 Å². The number of amides is 1. The van der Waals surface area contributed by atoms with Gasteiger partial charge in [-0.15, -0.1) is 23.5 Å². The molecule has 31 heavy (non-hydrogen) atoms. The Balaban J connectivity index is 2.11. The molecule has 1 heterocycles. The van der Waals surface area contributed by atoms with Crippen molar-refractivity contribution in [2.75, 3.05) is 45.5 Å². The molecule has 0 saturated carbocycles. The summed E-state index contributed by atoms with van der Waals surface area (Å²) in [7, 11) is 5.56. The number of methoxy groups -OCH3 is 1. The first-order valence-electron chi connectivity index (χ1n) is 9.96. The van der Waals surface area contributed by atoms with Gasteiger partial charge in [0.15, 0.2) is 6.10 Å². The molecule has 2 atom stereocenters. The Morgan fingerprint density at radius 3 is 2.48 bits per heavy atom. The Morgan fingerprint density at radius 1 is 1.19 bits per heavy atom. The Kier molecular flexibility index (Phi) is 7.91. The maximum atomic E-state index is 13.7. The molecule has 0 unspecified atom stereocenters. The number of hydrogen-bond donors (Lipinski definition) is 0. The van der Waals surface area contributed by atoms with Crippen LogP contribution >= 0.6 is 23.5 Å². The van der Waals surface area contributed by atoms with Gasteiger partial charge < -0.3 is 19.3 Å². The molecule has 0 fully saturated rings. The van der Waals surface area contributed by atoms with Gasteiger partial charge in [0.05, 0.1) is 18.0 Å². The Morgan fingerprint density at radius 2 is 1.90 bits per heavy atom. The second-order valence-electron chi connectivity index (χ2n) is 7.47. The summed E-state index contributed by atoms with van der Waals surface area (Å²) >= 11 is 3.21. The van der Waals surface area contributed by atoms with Gasteiger partial charge in [0.2, 0.25) is 0 Å². The summed E-state index contributed by atoms with van der Waals surface area (Å²) in [5, 5.41) is -0.373. The molecule has 0 radical (unpaired) electrons. The van der Waals surface area contributed by atoms with Gasteiger partial charge in [-0.05, 0) is 56.2 Å². The van der Waals surface area contributed by atoms with Crippen molar-refractivity contribution in [2.24, 2.45) is 0 Å². The molecule has 8 heteroatoms. The van der Waals surface area contributed by atoms with Crippen molar-refractivity contribution in [2.45, 2.75) is 28.1 Å². The minimum absolute atomic E-state index is 0.207. The number of nitrogens with zero attached hydrogens (tertiary/aromatic N) is 2. The number of rotatable bonds is 7. The molecule has 0 N–H and O–H groups in total. The van der Waals surface area contributed by atoms with Gasteiger partial charge in [-0.1, -0.05) is 12.1 Å². The molecule has 0 aromatic heterocycles. The fourth-order valence-electron chi connectivity index (χ4n) is 3.40. The number of benzene rings is 2. The molecule has 3 rings (SSSR count). The van der Waals surface area contributed by atoms with Gasteiger partial charge in [0.1, 0.15) is 5.75 Å². The van der Waals surface area contributed by atoms with E-state index in [1.54, 1.807) is 35.5 Å². The molecule has 2 aromatic rings. The van der Waals surface area contributed by atoms with Crippen molar-refractivity contribution < 1.29 is 19.1 Å². The fourth-order valence-corrected chi connectivity index (χ4v) is 5.27. The SMILES string of the molecule is COc1ccc([C@H]2Sc3cc(SC)ccc3N(CCN(C)C)C(=O)[C@H]2OC(C)=O)cc1. The summed E-state index contributed by atoms with van der Waals surface area (Å²) < 4.78 is 10.9. The first-order valence-corrected chi connectivity index (χ1v) is 12.1. The topological polar surface area (TPSA) is 59.1 Å². The highest BCUT2D eigenvalue weighted by Crippen LogP contribution is 2.47. The summed E-state index contributed by atoms with van der Waals surface area (Å²) in [5.74, 6) is 0.0530. The fraction of sp³-hybridized carbons (Fsp3) is 0.391. The number of fused-ring (bicyclic) bond motifs is 1. The molecule has 2 aromatic carbocycles. The molecule has 0 aliphatic carbocycles. The zero-order chi connectivity index (χ0) is 22.5. The molecule has 1 amide bonds. The van der Waals surface area contributed by atoms with E-state index >= 15 is 0 Å². The van der Waals surface area contributed by atoms with Crippen LogP contribution in [-0.2, 0) is 14.3 Å².